The zero-order valence-corrected chi connectivity index (χ0v) is 11.8. The minimum atomic E-state index is -0.0850. The summed E-state index contributed by atoms with van der Waals surface area (Å²) in [6.45, 7) is 5.33. The molecule has 1 fully saturated rings. The topological polar surface area (TPSA) is 56.2 Å². The third-order valence-electron chi connectivity index (χ3n) is 3.49. The van der Waals surface area contributed by atoms with E-state index in [1.807, 2.05) is 31.7 Å². The molecule has 2 heterocycles. The van der Waals surface area contributed by atoms with Gasteiger partial charge in [0, 0.05) is 37.5 Å². The Morgan fingerprint density at radius 2 is 2.37 bits per heavy atom. The maximum Gasteiger partial charge on any atom is 0.244 e. The number of aryl methyl sites for hydroxylation is 2. The molecular weight excluding hydrogens is 242 g/mol. The minimum Gasteiger partial charge on any atom is -0.376 e. The first kappa shape index (κ1) is 13.8. The van der Waals surface area contributed by atoms with Gasteiger partial charge < -0.3 is 10.1 Å². The zero-order valence-electron chi connectivity index (χ0n) is 11.8. The normalized spacial score (nSPS) is 19.2. The van der Waals surface area contributed by atoms with Gasteiger partial charge in [0.25, 0.3) is 0 Å². The van der Waals surface area contributed by atoms with Gasteiger partial charge in [-0.05, 0) is 32.8 Å². The number of rotatable bonds is 4. The summed E-state index contributed by atoms with van der Waals surface area (Å²) in [4.78, 5) is 11.7. The highest BCUT2D eigenvalue weighted by Crippen LogP contribution is 2.13. The molecule has 1 aromatic rings. The minimum absolute atomic E-state index is 0.0850. The molecule has 1 aliphatic heterocycles. The van der Waals surface area contributed by atoms with E-state index in [0.717, 1.165) is 36.4 Å². The SMILES string of the molecule is Cc1nn(C)c(C)c1/C=C\C(=O)NC[C@@H]1CCCO1. The van der Waals surface area contributed by atoms with Crippen LogP contribution < -0.4 is 5.32 Å². The van der Waals surface area contributed by atoms with Crippen LogP contribution in [0.5, 0.6) is 0 Å². The van der Waals surface area contributed by atoms with Crippen LogP contribution in [0.1, 0.15) is 29.8 Å². The Hall–Kier alpha value is -1.62. The maximum atomic E-state index is 11.7. The second kappa shape index (κ2) is 6.02. The molecule has 104 valence electrons. The highest BCUT2D eigenvalue weighted by Gasteiger charge is 2.15. The second-order valence-corrected chi connectivity index (χ2v) is 4.92. The van der Waals surface area contributed by atoms with Crippen molar-refractivity contribution >= 4 is 12.0 Å². The van der Waals surface area contributed by atoms with Gasteiger partial charge in [0.05, 0.1) is 11.8 Å². The summed E-state index contributed by atoms with van der Waals surface area (Å²) >= 11 is 0. The molecule has 0 saturated carbocycles. The van der Waals surface area contributed by atoms with E-state index >= 15 is 0 Å². The van der Waals surface area contributed by atoms with E-state index in [-0.39, 0.29) is 12.0 Å². The van der Waals surface area contributed by atoms with Crippen LogP contribution in [0.2, 0.25) is 0 Å². The van der Waals surface area contributed by atoms with E-state index in [0.29, 0.717) is 6.54 Å². The Labute approximate surface area is 113 Å². The highest BCUT2D eigenvalue weighted by atomic mass is 16.5. The van der Waals surface area contributed by atoms with Gasteiger partial charge in [-0.2, -0.15) is 5.10 Å². The van der Waals surface area contributed by atoms with Crippen molar-refractivity contribution in [2.24, 2.45) is 7.05 Å². The summed E-state index contributed by atoms with van der Waals surface area (Å²) in [6.07, 6.45) is 5.68. The number of carbonyl (C=O) groups is 1. The fraction of sp³-hybridized carbons (Fsp3) is 0.571. The molecule has 1 amide bonds. The lowest BCUT2D eigenvalue weighted by Gasteiger charge is -2.08. The van der Waals surface area contributed by atoms with Crippen molar-refractivity contribution in [1.29, 1.82) is 0 Å². The molecule has 0 spiro atoms. The Balaban J connectivity index is 1.88. The van der Waals surface area contributed by atoms with Gasteiger partial charge in [0.15, 0.2) is 0 Å². The third-order valence-corrected chi connectivity index (χ3v) is 3.49. The third kappa shape index (κ3) is 3.44. The predicted octanol–water partition coefficient (Wildman–Crippen LogP) is 1.35. The Bertz CT molecular complexity index is 485. The number of amides is 1. The molecular formula is C14H21N3O2. The Morgan fingerprint density at radius 1 is 1.58 bits per heavy atom. The van der Waals surface area contributed by atoms with Crippen LogP contribution in [-0.2, 0) is 16.6 Å². The Morgan fingerprint density at radius 3 is 2.95 bits per heavy atom. The fourth-order valence-corrected chi connectivity index (χ4v) is 2.27. The summed E-state index contributed by atoms with van der Waals surface area (Å²) < 4.78 is 7.27. The summed E-state index contributed by atoms with van der Waals surface area (Å²) in [5.74, 6) is -0.0850. The van der Waals surface area contributed by atoms with E-state index in [4.69, 9.17) is 4.74 Å². The molecule has 5 heteroatoms. The standard InChI is InChI=1S/C14H21N3O2/c1-10-13(11(2)17(3)16-10)6-7-14(18)15-9-12-5-4-8-19-12/h6-7,12H,4-5,8-9H2,1-3H3,(H,15,18)/b7-6-/t12-/m0/s1. The van der Waals surface area contributed by atoms with Gasteiger partial charge in [-0.15, -0.1) is 0 Å². The first-order chi connectivity index (χ1) is 9.08. The number of carbonyl (C=O) groups excluding carboxylic acids is 1. The van der Waals surface area contributed by atoms with Gasteiger partial charge in [-0.1, -0.05) is 0 Å². The van der Waals surface area contributed by atoms with Crippen LogP contribution in [0.4, 0.5) is 0 Å². The monoisotopic (exact) mass is 263 g/mol. The smallest absolute Gasteiger partial charge is 0.244 e. The lowest BCUT2D eigenvalue weighted by Crippen LogP contribution is -2.30. The second-order valence-electron chi connectivity index (χ2n) is 4.92. The molecule has 1 aromatic heterocycles. The first-order valence-corrected chi connectivity index (χ1v) is 6.65. The molecule has 0 aromatic carbocycles. The van der Waals surface area contributed by atoms with Crippen LogP contribution in [0.3, 0.4) is 0 Å². The largest absolute Gasteiger partial charge is 0.376 e. The van der Waals surface area contributed by atoms with E-state index in [2.05, 4.69) is 10.4 Å². The summed E-state index contributed by atoms with van der Waals surface area (Å²) in [5, 5.41) is 7.17. The summed E-state index contributed by atoms with van der Waals surface area (Å²) in [6, 6.07) is 0. The molecule has 1 aliphatic rings. The van der Waals surface area contributed by atoms with E-state index < -0.39 is 0 Å². The van der Waals surface area contributed by atoms with E-state index in [1.54, 1.807) is 6.08 Å². The van der Waals surface area contributed by atoms with Crippen molar-refractivity contribution in [3.8, 4) is 0 Å². The zero-order chi connectivity index (χ0) is 13.8. The number of ether oxygens (including phenoxy) is 1. The van der Waals surface area contributed by atoms with Gasteiger partial charge in [0.2, 0.25) is 5.91 Å². The fourth-order valence-electron chi connectivity index (χ4n) is 2.27. The van der Waals surface area contributed by atoms with Crippen LogP contribution >= 0.6 is 0 Å². The van der Waals surface area contributed by atoms with Crippen molar-refractivity contribution < 1.29 is 9.53 Å². The molecule has 1 atom stereocenters. The predicted molar refractivity (Wildman–Crippen MR) is 73.7 cm³/mol. The number of nitrogens with one attached hydrogen (secondary N) is 1. The van der Waals surface area contributed by atoms with Crippen molar-refractivity contribution in [3.05, 3.63) is 23.0 Å². The lowest BCUT2D eigenvalue weighted by atomic mass is 10.2. The van der Waals surface area contributed by atoms with Crippen LogP contribution in [-0.4, -0.2) is 34.9 Å². The molecule has 19 heavy (non-hydrogen) atoms. The highest BCUT2D eigenvalue weighted by molar-refractivity contribution is 5.92. The molecule has 1 N–H and O–H groups in total. The van der Waals surface area contributed by atoms with Crippen LogP contribution in [0, 0.1) is 13.8 Å². The van der Waals surface area contributed by atoms with Gasteiger partial charge in [-0.3, -0.25) is 9.48 Å². The average Bonchev–Trinajstić information content (AvgIpc) is 2.96. The summed E-state index contributed by atoms with van der Waals surface area (Å²) in [7, 11) is 1.90. The van der Waals surface area contributed by atoms with E-state index in [1.165, 1.54) is 0 Å². The first-order valence-electron chi connectivity index (χ1n) is 6.65. The summed E-state index contributed by atoms with van der Waals surface area (Å²) in [5.41, 5.74) is 3.00. The van der Waals surface area contributed by atoms with Gasteiger partial charge in [-0.25, -0.2) is 0 Å². The molecule has 2 rings (SSSR count). The average molecular weight is 263 g/mol. The van der Waals surface area contributed by atoms with Crippen molar-refractivity contribution in [2.75, 3.05) is 13.2 Å². The lowest BCUT2D eigenvalue weighted by molar-refractivity contribution is -0.116. The van der Waals surface area contributed by atoms with Crippen molar-refractivity contribution in [3.63, 3.8) is 0 Å². The van der Waals surface area contributed by atoms with Gasteiger partial charge in [0.1, 0.15) is 0 Å². The molecule has 5 nitrogen and oxygen atoms in total. The molecule has 0 radical (unpaired) electrons. The quantitative estimate of drug-likeness (QED) is 0.834. The number of aromatic nitrogens is 2. The molecule has 0 bridgehead atoms. The Kier molecular flexibility index (Phi) is 4.37. The molecule has 0 aliphatic carbocycles. The molecule has 1 saturated heterocycles. The van der Waals surface area contributed by atoms with Crippen LogP contribution in [0.25, 0.3) is 6.08 Å². The number of hydrogen-bond acceptors (Lipinski definition) is 3. The maximum absolute atomic E-state index is 11.7. The number of hydrogen-bond donors (Lipinski definition) is 1. The van der Waals surface area contributed by atoms with E-state index in [9.17, 15) is 4.79 Å². The van der Waals surface area contributed by atoms with Crippen molar-refractivity contribution in [1.82, 2.24) is 15.1 Å². The molecule has 0 unspecified atom stereocenters. The van der Waals surface area contributed by atoms with Gasteiger partial charge >= 0.3 is 0 Å². The number of nitrogens with zero attached hydrogens (tertiary/aromatic N) is 2. The van der Waals surface area contributed by atoms with Crippen LogP contribution in [0.15, 0.2) is 6.08 Å². The van der Waals surface area contributed by atoms with Crippen molar-refractivity contribution in [2.45, 2.75) is 32.8 Å².